The molecule has 1 amide bonds. The Morgan fingerprint density at radius 3 is 2.96 bits per heavy atom. The Bertz CT molecular complexity index is 911. The van der Waals surface area contributed by atoms with Crippen molar-refractivity contribution in [1.29, 1.82) is 0 Å². The molecule has 3 aromatic rings. The van der Waals surface area contributed by atoms with Crippen molar-refractivity contribution in [3.63, 3.8) is 0 Å². The number of carbonyl (C=O) groups excluding carboxylic acids is 1. The lowest BCUT2D eigenvalue weighted by Gasteiger charge is -2.11. The first-order valence-corrected chi connectivity index (χ1v) is 9.43. The smallest absolute Gasteiger partial charge is 0.277 e. The largest absolute Gasteiger partial charge is 0.411 e. The van der Waals surface area contributed by atoms with Gasteiger partial charge in [0.25, 0.3) is 10.9 Å². The Morgan fingerprint density at radius 2 is 2.23 bits per heavy atom. The summed E-state index contributed by atoms with van der Waals surface area (Å²) in [5, 5.41) is 23.7. The molecule has 0 radical (unpaired) electrons. The highest BCUT2D eigenvalue weighted by Gasteiger charge is 2.15. The SMILES string of the molecule is C[C@@H](NC(=O)CSc1nnc(-c2cccc([N+](=O)[O-])c2)o1)c1cccs1. The van der Waals surface area contributed by atoms with E-state index in [2.05, 4.69) is 15.5 Å². The zero-order chi connectivity index (χ0) is 18.5. The molecule has 0 bridgehead atoms. The van der Waals surface area contributed by atoms with E-state index in [9.17, 15) is 14.9 Å². The van der Waals surface area contributed by atoms with Gasteiger partial charge >= 0.3 is 0 Å². The molecular weight excluding hydrogens is 376 g/mol. The van der Waals surface area contributed by atoms with Crippen LogP contribution in [0.5, 0.6) is 0 Å². The van der Waals surface area contributed by atoms with Crippen molar-refractivity contribution in [3.8, 4) is 11.5 Å². The molecule has 8 nitrogen and oxygen atoms in total. The van der Waals surface area contributed by atoms with Gasteiger partial charge in [-0.3, -0.25) is 14.9 Å². The quantitative estimate of drug-likeness (QED) is 0.372. The van der Waals surface area contributed by atoms with Gasteiger partial charge in [0.2, 0.25) is 11.8 Å². The second kappa shape index (κ2) is 8.11. The first-order chi connectivity index (χ1) is 12.5. The topological polar surface area (TPSA) is 111 Å². The van der Waals surface area contributed by atoms with E-state index in [-0.39, 0.29) is 34.5 Å². The Morgan fingerprint density at radius 1 is 1.38 bits per heavy atom. The van der Waals surface area contributed by atoms with Crippen LogP contribution in [0.25, 0.3) is 11.5 Å². The van der Waals surface area contributed by atoms with Gasteiger partial charge in [-0.25, -0.2) is 0 Å². The van der Waals surface area contributed by atoms with Gasteiger partial charge in [0.05, 0.1) is 16.7 Å². The molecule has 3 rings (SSSR count). The van der Waals surface area contributed by atoms with Crippen LogP contribution in [0.1, 0.15) is 17.8 Å². The van der Waals surface area contributed by atoms with Crippen molar-refractivity contribution >= 4 is 34.7 Å². The number of hydrogen-bond donors (Lipinski definition) is 1. The maximum atomic E-state index is 12.0. The number of rotatable bonds is 7. The fourth-order valence-electron chi connectivity index (χ4n) is 2.16. The van der Waals surface area contributed by atoms with Gasteiger partial charge in [0.15, 0.2) is 0 Å². The molecule has 1 N–H and O–H groups in total. The van der Waals surface area contributed by atoms with E-state index in [1.807, 2.05) is 24.4 Å². The lowest BCUT2D eigenvalue weighted by Crippen LogP contribution is -2.27. The second-order valence-electron chi connectivity index (χ2n) is 5.27. The van der Waals surface area contributed by atoms with E-state index in [0.29, 0.717) is 5.56 Å². The zero-order valence-corrected chi connectivity index (χ0v) is 15.3. The zero-order valence-electron chi connectivity index (χ0n) is 13.6. The Balaban J connectivity index is 1.58. The third-order valence-corrected chi connectivity index (χ3v) is 5.26. The van der Waals surface area contributed by atoms with Crippen LogP contribution in [0.3, 0.4) is 0 Å². The first-order valence-electron chi connectivity index (χ1n) is 7.57. The number of amides is 1. The molecule has 10 heteroatoms. The third-order valence-electron chi connectivity index (χ3n) is 3.38. The molecule has 1 aromatic carbocycles. The van der Waals surface area contributed by atoms with Crippen LogP contribution in [-0.2, 0) is 4.79 Å². The fourth-order valence-corrected chi connectivity index (χ4v) is 3.47. The highest BCUT2D eigenvalue weighted by Crippen LogP contribution is 2.26. The van der Waals surface area contributed by atoms with E-state index < -0.39 is 4.92 Å². The number of hydrogen-bond acceptors (Lipinski definition) is 8. The number of thiophene rings is 1. The van der Waals surface area contributed by atoms with Crippen molar-refractivity contribution in [1.82, 2.24) is 15.5 Å². The van der Waals surface area contributed by atoms with Crippen LogP contribution >= 0.6 is 23.1 Å². The molecule has 0 unspecified atom stereocenters. The van der Waals surface area contributed by atoms with Crippen LogP contribution in [0, 0.1) is 10.1 Å². The molecule has 0 aliphatic rings. The number of thioether (sulfide) groups is 1. The summed E-state index contributed by atoms with van der Waals surface area (Å²) in [6.45, 7) is 1.92. The van der Waals surface area contributed by atoms with Crippen LogP contribution in [-0.4, -0.2) is 26.8 Å². The van der Waals surface area contributed by atoms with Crippen molar-refractivity contribution < 1.29 is 14.1 Å². The minimum Gasteiger partial charge on any atom is -0.411 e. The molecule has 26 heavy (non-hydrogen) atoms. The summed E-state index contributed by atoms with van der Waals surface area (Å²) in [5.74, 6) is 0.154. The van der Waals surface area contributed by atoms with Gasteiger partial charge in [-0.1, -0.05) is 23.9 Å². The van der Waals surface area contributed by atoms with Crippen LogP contribution in [0.2, 0.25) is 0 Å². The van der Waals surface area contributed by atoms with Crippen molar-refractivity contribution in [3.05, 3.63) is 56.8 Å². The van der Waals surface area contributed by atoms with Crippen molar-refractivity contribution in [2.24, 2.45) is 0 Å². The molecule has 0 saturated heterocycles. The molecule has 0 saturated carbocycles. The average molecular weight is 390 g/mol. The lowest BCUT2D eigenvalue weighted by atomic mass is 10.2. The average Bonchev–Trinajstić information content (AvgIpc) is 3.32. The summed E-state index contributed by atoms with van der Waals surface area (Å²) in [7, 11) is 0. The Hall–Kier alpha value is -2.72. The number of nitro groups is 1. The number of aromatic nitrogens is 2. The van der Waals surface area contributed by atoms with Gasteiger partial charge in [0, 0.05) is 22.6 Å². The first kappa shape index (κ1) is 18.1. The molecule has 1 atom stereocenters. The summed E-state index contributed by atoms with van der Waals surface area (Å²) < 4.78 is 5.47. The number of nitrogens with one attached hydrogen (secondary N) is 1. The number of carbonyl (C=O) groups is 1. The monoisotopic (exact) mass is 390 g/mol. The van der Waals surface area contributed by atoms with E-state index in [1.54, 1.807) is 23.5 Å². The summed E-state index contributed by atoms with van der Waals surface area (Å²) >= 11 is 2.69. The highest BCUT2D eigenvalue weighted by atomic mass is 32.2. The van der Waals surface area contributed by atoms with Gasteiger partial charge in [0.1, 0.15) is 0 Å². The highest BCUT2D eigenvalue weighted by molar-refractivity contribution is 7.99. The van der Waals surface area contributed by atoms with Crippen molar-refractivity contribution in [2.75, 3.05) is 5.75 Å². The van der Waals surface area contributed by atoms with E-state index in [4.69, 9.17) is 4.42 Å². The molecule has 134 valence electrons. The Labute approximate surface area is 156 Å². The molecule has 0 aliphatic heterocycles. The van der Waals surface area contributed by atoms with Gasteiger partial charge in [-0.15, -0.1) is 21.5 Å². The Kier molecular flexibility index (Phi) is 5.64. The molecule has 0 fully saturated rings. The summed E-state index contributed by atoms with van der Waals surface area (Å²) in [5.41, 5.74) is 0.395. The summed E-state index contributed by atoms with van der Waals surface area (Å²) in [6, 6.07) is 9.77. The predicted octanol–water partition coefficient (Wildman–Crippen LogP) is 3.68. The van der Waals surface area contributed by atoms with E-state index >= 15 is 0 Å². The number of nitrogens with zero attached hydrogens (tertiary/aromatic N) is 3. The molecular formula is C16H14N4O4S2. The normalized spacial score (nSPS) is 11.9. The number of benzene rings is 1. The predicted molar refractivity (Wildman–Crippen MR) is 98.0 cm³/mol. The van der Waals surface area contributed by atoms with Crippen molar-refractivity contribution in [2.45, 2.75) is 18.2 Å². The minimum atomic E-state index is -0.491. The maximum Gasteiger partial charge on any atom is 0.277 e. The van der Waals surface area contributed by atoms with Crippen LogP contribution < -0.4 is 5.32 Å². The van der Waals surface area contributed by atoms with Crippen LogP contribution in [0.15, 0.2) is 51.4 Å². The van der Waals surface area contributed by atoms with Gasteiger partial charge < -0.3 is 9.73 Å². The summed E-state index contributed by atoms with van der Waals surface area (Å²) in [4.78, 5) is 23.4. The molecule has 0 spiro atoms. The minimum absolute atomic E-state index is 0.0585. The van der Waals surface area contributed by atoms with Gasteiger partial charge in [-0.2, -0.15) is 0 Å². The standard InChI is InChI=1S/C16H14N4O4S2/c1-10(13-6-3-7-25-13)17-14(21)9-26-16-19-18-15(24-16)11-4-2-5-12(8-11)20(22)23/h2-8,10H,9H2,1H3,(H,17,21)/t10-/m1/s1. The van der Waals surface area contributed by atoms with E-state index in [0.717, 1.165) is 16.6 Å². The van der Waals surface area contributed by atoms with Crippen LogP contribution in [0.4, 0.5) is 5.69 Å². The van der Waals surface area contributed by atoms with E-state index in [1.165, 1.54) is 12.1 Å². The number of nitro benzene ring substituents is 1. The van der Waals surface area contributed by atoms with Gasteiger partial charge in [-0.05, 0) is 24.4 Å². The lowest BCUT2D eigenvalue weighted by molar-refractivity contribution is -0.384. The molecule has 2 aromatic heterocycles. The maximum absolute atomic E-state index is 12.0. The fraction of sp³-hybridized carbons (Fsp3) is 0.188. The molecule has 0 aliphatic carbocycles. The summed E-state index contributed by atoms with van der Waals surface area (Å²) in [6.07, 6.45) is 0. The number of non-ortho nitro benzene ring substituents is 1. The third kappa shape index (κ3) is 4.46. The second-order valence-corrected chi connectivity index (χ2v) is 7.18. The molecule has 2 heterocycles.